The molecule has 0 radical (unpaired) electrons. The molecular weight excluding hydrogens is 315 g/mol. The Morgan fingerprint density at radius 3 is 2.61 bits per heavy atom. The Balaban J connectivity index is 1.93. The summed E-state index contributed by atoms with van der Waals surface area (Å²) in [6.07, 6.45) is 0. The van der Waals surface area contributed by atoms with Gasteiger partial charge in [0.05, 0.1) is 11.6 Å². The zero-order chi connectivity index (χ0) is 16.4. The maximum atomic E-state index is 14.1. The van der Waals surface area contributed by atoms with Gasteiger partial charge in [0.1, 0.15) is 5.82 Å². The molecule has 3 nitrogen and oxygen atoms in total. The molecule has 1 saturated heterocycles. The van der Waals surface area contributed by atoms with Gasteiger partial charge in [0, 0.05) is 24.7 Å². The van der Waals surface area contributed by atoms with E-state index in [9.17, 15) is 9.18 Å². The van der Waals surface area contributed by atoms with E-state index < -0.39 is 5.82 Å². The normalized spacial score (nSPS) is 18.9. The average molecular weight is 333 g/mol. The van der Waals surface area contributed by atoms with E-state index in [1.807, 2.05) is 37.4 Å². The monoisotopic (exact) mass is 332 g/mol. The van der Waals surface area contributed by atoms with Crippen LogP contribution in [0.2, 0.25) is 5.02 Å². The molecule has 1 amide bonds. The van der Waals surface area contributed by atoms with E-state index in [4.69, 9.17) is 11.6 Å². The van der Waals surface area contributed by atoms with E-state index in [1.54, 1.807) is 11.0 Å². The van der Waals surface area contributed by atoms with Crippen molar-refractivity contribution < 1.29 is 9.18 Å². The van der Waals surface area contributed by atoms with Gasteiger partial charge in [-0.1, -0.05) is 41.9 Å². The molecule has 3 rings (SSSR count). The number of carbonyl (C=O) groups is 1. The molecular formula is C18H18ClFN2O. The lowest BCUT2D eigenvalue weighted by atomic mass is 10.0. The van der Waals surface area contributed by atoms with E-state index in [0.29, 0.717) is 6.54 Å². The van der Waals surface area contributed by atoms with Crippen LogP contribution in [0.25, 0.3) is 0 Å². The Morgan fingerprint density at radius 1 is 1.17 bits per heavy atom. The number of hydrogen-bond donors (Lipinski definition) is 0. The fourth-order valence-electron chi connectivity index (χ4n) is 2.94. The fraction of sp³-hybridized carbons (Fsp3) is 0.278. The Bertz CT molecular complexity index is 707. The van der Waals surface area contributed by atoms with Crippen molar-refractivity contribution in [2.45, 2.75) is 6.04 Å². The molecule has 120 valence electrons. The summed E-state index contributed by atoms with van der Waals surface area (Å²) in [7, 11) is 2.03. The van der Waals surface area contributed by atoms with Crippen molar-refractivity contribution in [1.29, 1.82) is 0 Å². The first-order valence-electron chi connectivity index (χ1n) is 7.56. The molecule has 5 heteroatoms. The van der Waals surface area contributed by atoms with Gasteiger partial charge in [-0.15, -0.1) is 0 Å². The van der Waals surface area contributed by atoms with Crippen LogP contribution in [-0.2, 0) is 0 Å². The second kappa shape index (κ2) is 6.69. The van der Waals surface area contributed by atoms with Gasteiger partial charge in [0.2, 0.25) is 0 Å². The van der Waals surface area contributed by atoms with Crippen LogP contribution in [0.4, 0.5) is 4.39 Å². The van der Waals surface area contributed by atoms with E-state index in [1.165, 1.54) is 12.1 Å². The van der Waals surface area contributed by atoms with Gasteiger partial charge in [0.25, 0.3) is 5.91 Å². The smallest absolute Gasteiger partial charge is 0.257 e. The summed E-state index contributed by atoms with van der Waals surface area (Å²) in [5.41, 5.74) is 1.13. The number of likely N-dealkylation sites (N-methyl/N-ethyl adjacent to an activating group) is 1. The van der Waals surface area contributed by atoms with Crippen LogP contribution in [0.1, 0.15) is 22.0 Å². The highest BCUT2D eigenvalue weighted by atomic mass is 35.5. The summed E-state index contributed by atoms with van der Waals surface area (Å²) in [6, 6.07) is 14.0. The SMILES string of the molecule is CN1CCN(C(=O)c2ccc(Cl)cc2F)[C@@H](c2ccccc2)C1. The molecule has 1 atom stereocenters. The molecule has 0 saturated carbocycles. The van der Waals surface area contributed by atoms with Gasteiger partial charge in [0.15, 0.2) is 0 Å². The van der Waals surface area contributed by atoms with Crippen LogP contribution < -0.4 is 0 Å². The molecule has 1 aliphatic rings. The maximum absolute atomic E-state index is 14.1. The minimum Gasteiger partial charge on any atom is -0.329 e. The van der Waals surface area contributed by atoms with Crippen molar-refractivity contribution in [1.82, 2.24) is 9.80 Å². The molecule has 2 aromatic carbocycles. The van der Waals surface area contributed by atoms with Crippen molar-refractivity contribution in [3.05, 3.63) is 70.5 Å². The number of halogens is 2. The first-order valence-corrected chi connectivity index (χ1v) is 7.93. The average Bonchev–Trinajstić information content (AvgIpc) is 2.55. The topological polar surface area (TPSA) is 23.6 Å². The van der Waals surface area contributed by atoms with Crippen molar-refractivity contribution in [3.8, 4) is 0 Å². The molecule has 1 fully saturated rings. The van der Waals surface area contributed by atoms with E-state index in [2.05, 4.69) is 4.90 Å². The van der Waals surface area contributed by atoms with E-state index in [-0.39, 0.29) is 22.5 Å². The lowest BCUT2D eigenvalue weighted by molar-refractivity contribution is 0.0493. The summed E-state index contributed by atoms with van der Waals surface area (Å²) in [6.45, 7) is 2.06. The van der Waals surface area contributed by atoms with Crippen LogP contribution >= 0.6 is 11.6 Å². The number of amides is 1. The van der Waals surface area contributed by atoms with Gasteiger partial charge < -0.3 is 9.80 Å². The van der Waals surface area contributed by atoms with Crippen LogP contribution in [0.15, 0.2) is 48.5 Å². The molecule has 1 aliphatic heterocycles. The third-order valence-electron chi connectivity index (χ3n) is 4.19. The lowest BCUT2D eigenvalue weighted by Crippen LogP contribution is -2.49. The minimum absolute atomic E-state index is 0.0693. The third kappa shape index (κ3) is 3.38. The summed E-state index contributed by atoms with van der Waals surface area (Å²) >= 11 is 5.78. The van der Waals surface area contributed by atoms with Crippen LogP contribution in [0.3, 0.4) is 0 Å². The molecule has 0 N–H and O–H groups in total. The predicted octanol–water partition coefficient (Wildman–Crippen LogP) is 3.61. The van der Waals surface area contributed by atoms with E-state index in [0.717, 1.165) is 18.7 Å². The standard InChI is InChI=1S/C18H18ClFN2O/c1-21-9-10-22(17(12-21)13-5-3-2-4-6-13)18(23)15-8-7-14(19)11-16(15)20/h2-8,11,17H,9-10,12H2,1H3/t17-/m1/s1. The Morgan fingerprint density at radius 2 is 1.91 bits per heavy atom. The van der Waals surface area contributed by atoms with Crippen molar-refractivity contribution in [3.63, 3.8) is 0 Å². The number of piperazine rings is 1. The van der Waals surface area contributed by atoms with Gasteiger partial charge >= 0.3 is 0 Å². The van der Waals surface area contributed by atoms with E-state index >= 15 is 0 Å². The highest BCUT2D eigenvalue weighted by molar-refractivity contribution is 6.30. The largest absolute Gasteiger partial charge is 0.329 e. The third-order valence-corrected chi connectivity index (χ3v) is 4.43. The quantitative estimate of drug-likeness (QED) is 0.838. The summed E-state index contributed by atoms with van der Waals surface area (Å²) in [5.74, 6) is -0.866. The Kier molecular flexibility index (Phi) is 4.64. The molecule has 0 spiro atoms. The number of benzene rings is 2. The second-order valence-corrected chi connectivity index (χ2v) is 6.25. The van der Waals surface area contributed by atoms with Gasteiger partial charge in [-0.05, 0) is 30.8 Å². The highest BCUT2D eigenvalue weighted by Crippen LogP contribution is 2.27. The Labute approximate surface area is 140 Å². The number of rotatable bonds is 2. The minimum atomic E-state index is -0.576. The summed E-state index contributed by atoms with van der Waals surface area (Å²) < 4.78 is 14.1. The summed E-state index contributed by atoms with van der Waals surface area (Å²) in [5, 5.41) is 0.289. The van der Waals surface area contributed by atoms with Crippen molar-refractivity contribution >= 4 is 17.5 Å². The number of hydrogen-bond acceptors (Lipinski definition) is 2. The van der Waals surface area contributed by atoms with Crippen molar-refractivity contribution in [2.75, 3.05) is 26.7 Å². The van der Waals surface area contributed by atoms with Crippen molar-refractivity contribution in [2.24, 2.45) is 0 Å². The Hall–Kier alpha value is -1.91. The molecule has 0 unspecified atom stereocenters. The zero-order valence-corrected chi connectivity index (χ0v) is 13.6. The number of nitrogens with zero attached hydrogens (tertiary/aromatic N) is 2. The van der Waals surface area contributed by atoms with Gasteiger partial charge in [-0.25, -0.2) is 4.39 Å². The summed E-state index contributed by atoms with van der Waals surface area (Å²) in [4.78, 5) is 16.8. The fourth-order valence-corrected chi connectivity index (χ4v) is 3.10. The zero-order valence-electron chi connectivity index (χ0n) is 12.9. The number of carbonyl (C=O) groups excluding carboxylic acids is 1. The second-order valence-electron chi connectivity index (χ2n) is 5.81. The molecule has 0 bridgehead atoms. The first-order chi connectivity index (χ1) is 11.1. The highest BCUT2D eigenvalue weighted by Gasteiger charge is 2.31. The van der Waals surface area contributed by atoms with Crippen LogP contribution in [0, 0.1) is 5.82 Å². The molecule has 0 aromatic heterocycles. The predicted molar refractivity (Wildman–Crippen MR) is 89.1 cm³/mol. The molecule has 0 aliphatic carbocycles. The molecule has 2 aromatic rings. The first kappa shape index (κ1) is 16.0. The lowest BCUT2D eigenvalue weighted by Gasteiger charge is -2.40. The molecule has 1 heterocycles. The van der Waals surface area contributed by atoms with Gasteiger partial charge in [-0.3, -0.25) is 4.79 Å². The maximum Gasteiger partial charge on any atom is 0.257 e. The van der Waals surface area contributed by atoms with Crippen LogP contribution in [0.5, 0.6) is 0 Å². The van der Waals surface area contributed by atoms with Crippen LogP contribution in [-0.4, -0.2) is 42.4 Å². The van der Waals surface area contributed by atoms with Gasteiger partial charge in [-0.2, -0.15) is 0 Å². The molecule has 23 heavy (non-hydrogen) atoms.